The van der Waals surface area contributed by atoms with Crippen LogP contribution in [0.5, 0.6) is 5.75 Å². The maximum absolute atomic E-state index is 13.3. The van der Waals surface area contributed by atoms with E-state index in [1.807, 2.05) is 6.92 Å². The lowest BCUT2D eigenvalue weighted by Gasteiger charge is -2.30. The zero-order chi connectivity index (χ0) is 24.0. The molecule has 0 bridgehead atoms. The molecule has 2 aromatic rings. The van der Waals surface area contributed by atoms with Crippen molar-refractivity contribution >= 4 is 34.9 Å². The van der Waals surface area contributed by atoms with Crippen LogP contribution in [-0.4, -0.2) is 62.8 Å². The summed E-state index contributed by atoms with van der Waals surface area (Å²) in [6, 6.07) is 11.5. The number of nitrogens with zero attached hydrogens (tertiary/aromatic N) is 1. The molecule has 33 heavy (non-hydrogen) atoms. The second-order valence-corrected chi connectivity index (χ2v) is 8.79. The standard InChI is InChI=1S/C24H31ClN4O4/c1-15-12-26-16(2)14-33-21-10-9-19(11-20(21)23(30)29(3)13-22(15)32-4)28-24(31)27-18-7-5-17(25)6-8-18/h5-11,15-16,22,26H,12-14H2,1-4H3,(H2,27,28,31)/t15-,16-,22+/m0/s1. The minimum Gasteiger partial charge on any atom is -0.491 e. The number of amides is 3. The van der Waals surface area contributed by atoms with Gasteiger partial charge in [-0.1, -0.05) is 18.5 Å². The molecule has 3 N–H and O–H groups in total. The second-order valence-electron chi connectivity index (χ2n) is 8.35. The number of likely N-dealkylation sites (N-methyl/N-ethyl adjacent to an activating group) is 1. The molecule has 0 fully saturated rings. The van der Waals surface area contributed by atoms with E-state index in [2.05, 4.69) is 22.9 Å². The van der Waals surface area contributed by atoms with Gasteiger partial charge in [0.2, 0.25) is 0 Å². The summed E-state index contributed by atoms with van der Waals surface area (Å²) in [7, 11) is 3.40. The van der Waals surface area contributed by atoms with Gasteiger partial charge in [-0.25, -0.2) is 4.79 Å². The minimum atomic E-state index is -0.432. The van der Waals surface area contributed by atoms with E-state index in [4.69, 9.17) is 21.1 Å². The number of ether oxygens (including phenoxy) is 2. The van der Waals surface area contributed by atoms with Gasteiger partial charge in [0.05, 0.1) is 11.7 Å². The van der Waals surface area contributed by atoms with Crippen molar-refractivity contribution in [1.82, 2.24) is 10.2 Å². The van der Waals surface area contributed by atoms with Crippen LogP contribution < -0.4 is 20.7 Å². The van der Waals surface area contributed by atoms with Gasteiger partial charge in [0.1, 0.15) is 12.4 Å². The Morgan fingerprint density at radius 3 is 2.52 bits per heavy atom. The molecule has 0 saturated carbocycles. The molecule has 1 heterocycles. The number of hydrogen-bond donors (Lipinski definition) is 3. The van der Waals surface area contributed by atoms with Crippen LogP contribution in [-0.2, 0) is 4.74 Å². The Hall–Kier alpha value is -2.81. The molecule has 178 valence electrons. The van der Waals surface area contributed by atoms with Gasteiger partial charge in [-0.15, -0.1) is 0 Å². The topological polar surface area (TPSA) is 91.9 Å². The van der Waals surface area contributed by atoms with E-state index < -0.39 is 6.03 Å². The number of hydrogen-bond acceptors (Lipinski definition) is 5. The monoisotopic (exact) mass is 474 g/mol. The molecule has 0 unspecified atom stereocenters. The Labute approximate surface area is 199 Å². The molecule has 3 amide bonds. The molecule has 3 atom stereocenters. The van der Waals surface area contributed by atoms with Gasteiger partial charge in [0, 0.05) is 49.7 Å². The van der Waals surface area contributed by atoms with Crippen molar-refractivity contribution in [2.75, 3.05) is 44.5 Å². The summed E-state index contributed by atoms with van der Waals surface area (Å²) in [4.78, 5) is 27.4. The summed E-state index contributed by atoms with van der Waals surface area (Å²) in [5, 5.41) is 9.54. The second kappa shape index (κ2) is 11.4. The van der Waals surface area contributed by atoms with E-state index in [1.54, 1.807) is 61.5 Å². The molecule has 0 spiro atoms. The minimum absolute atomic E-state index is 0.0908. The molecule has 1 aliphatic heterocycles. The molecule has 0 aromatic heterocycles. The molecule has 0 radical (unpaired) electrons. The van der Waals surface area contributed by atoms with Gasteiger partial charge in [-0.05, 0) is 55.3 Å². The van der Waals surface area contributed by atoms with E-state index in [9.17, 15) is 9.59 Å². The Kier molecular flexibility index (Phi) is 8.55. The number of carbonyl (C=O) groups is 2. The van der Waals surface area contributed by atoms with Crippen LogP contribution in [0.3, 0.4) is 0 Å². The molecule has 0 aliphatic carbocycles. The van der Waals surface area contributed by atoms with Gasteiger partial charge < -0.3 is 30.3 Å². The van der Waals surface area contributed by atoms with Crippen LogP contribution in [0, 0.1) is 5.92 Å². The molecule has 3 rings (SSSR count). The number of benzene rings is 2. The highest BCUT2D eigenvalue weighted by Crippen LogP contribution is 2.26. The van der Waals surface area contributed by atoms with Gasteiger partial charge in [0.15, 0.2) is 0 Å². The Morgan fingerprint density at radius 1 is 1.15 bits per heavy atom. The van der Waals surface area contributed by atoms with Gasteiger partial charge in [-0.3, -0.25) is 4.79 Å². The summed E-state index contributed by atoms with van der Waals surface area (Å²) in [5.74, 6) is 0.463. The molecular formula is C24H31ClN4O4. The average Bonchev–Trinajstić information content (AvgIpc) is 2.80. The third-order valence-corrected chi connectivity index (χ3v) is 5.84. The predicted molar refractivity (Wildman–Crippen MR) is 130 cm³/mol. The first-order valence-electron chi connectivity index (χ1n) is 10.9. The lowest BCUT2D eigenvalue weighted by atomic mass is 10.0. The summed E-state index contributed by atoms with van der Waals surface area (Å²) in [6.45, 7) is 5.71. The van der Waals surface area contributed by atoms with Crippen LogP contribution >= 0.6 is 11.6 Å². The van der Waals surface area contributed by atoms with Crippen molar-refractivity contribution in [3.05, 3.63) is 53.1 Å². The normalized spacial score (nSPS) is 21.8. The number of halogens is 1. The number of anilines is 2. The molecule has 0 saturated heterocycles. The third-order valence-electron chi connectivity index (χ3n) is 5.58. The molecule has 8 nitrogen and oxygen atoms in total. The van der Waals surface area contributed by atoms with E-state index in [1.165, 1.54) is 0 Å². The summed E-state index contributed by atoms with van der Waals surface area (Å²) < 4.78 is 11.6. The first-order chi connectivity index (χ1) is 15.8. The van der Waals surface area contributed by atoms with Gasteiger partial charge >= 0.3 is 6.03 Å². The molecule has 9 heteroatoms. The van der Waals surface area contributed by atoms with Crippen LogP contribution in [0.25, 0.3) is 0 Å². The maximum atomic E-state index is 13.3. The fourth-order valence-corrected chi connectivity index (χ4v) is 3.69. The van der Waals surface area contributed by atoms with Crippen LogP contribution in [0.1, 0.15) is 24.2 Å². The highest BCUT2D eigenvalue weighted by atomic mass is 35.5. The largest absolute Gasteiger partial charge is 0.491 e. The number of rotatable bonds is 3. The lowest BCUT2D eigenvalue weighted by Crippen LogP contribution is -2.44. The molecular weight excluding hydrogens is 444 g/mol. The van der Waals surface area contributed by atoms with E-state index in [-0.39, 0.29) is 24.0 Å². The maximum Gasteiger partial charge on any atom is 0.323 e. The van der Waals surface area contributed by atoms with Gasteiger partial charge in [0.25, 0.3) is 5.91 Å². The fraction of sp³-hybridized carbons (Fsp3) is 0.417. The number of methoxy groups -OCH3 is 1. The zero-order valence-electron chi connectivity index (χ0n) is 19.4. The Bertz CT molecular complexity index is 969. The van der Waals surface area contributed by atoms with E-state index in [0.29, 0.717) is 40.9 Å². The van der Waals surface area contributed by atoms with Crippen molar-refractivity contribution in [2.24, 2.45) is 5.92 Å². The highest BCUT2D eigenvalue weighted by Gasteiger charge is 2.25. The van der Waals surface area contributed by atoms with Gasteiger partial charge in [-0.2, -0.15) is 0 Å². The Balaban J connectivity index is 1.81. The van der Waals surface area contributed by atoms with Crippen molar-refractivity contribution in [2.45, 2.75) is 26.0 Å². The first kappa shape index (κ1) is 24.8. The molecule has 2 aromatic carbocycles. The summed E-state index contributed by atoms with van der Waals surface area (Å²) in [5.41, 5.74) is 1.45. The number of nitrogens with one attached hydrogen (secondary N) is 3. The third kappa shape index (κ3) is 6.83. The van der Waals surface area contributed by atoms with Crippen LogP contribution in [0.2, 0.25) is 5.02 Å². The van der Waals surface area contributed by atoms with Crippen LogP contribution in [0.4, 0.5) is 16.2 Å². The number of fused-ring (bicyclic) bond motifs is 1. The van der Waals surface area contributed by atoms with Crippen molar-refractivity contribution in [3.63, 3.8) is 0 Å². The SMILES string of the molecule is CO[C@@H]1CN(C)C(=O)c2cc(NC(=O)Nc3ccc(Cl)cc3)ccc2OC[C@H](C)NC[C@@H]1C. The van der Waals surface area contributed by atoms with Crippen molar-refractivity contribution < 1.29 is 19.1 Å². The lowest BCUT2D eigenvalue weighted by molar-refractivity contribution is 0.0281. The predicted octanol–water partition coefficient (Wildman–Crippen LogP) is 4.08. The summed E-state index contributed by atoms with van der Waals surface area (Å²) in [6.07, 6.45) is -0.117. The van der Waals surface area contributed by atoms with Crippen LogP contribution in [0.15, 0.2) is 42.5 Å². The summed E-state index contributed by atoms with van der Waals surface area (Å²) >= 11 is 5.88. The van der Waals surface area contributed by atoms with E-state index >= 15 is 0 Å². The molecule has 1 aliphatic rings. The number of urea groups is 1. The highest BCUT2D eigenvalue weighted by molar-refractivity contribution is 6.30. The van der Waals surface area contributed by atoms with E-state index in [0.717, 1.165) is 6.54 Å². The fourth-order valence-electron chi connectivity index (χ4n) is 3.56. The van der Waals surface area contributed by atoms with Crippen molar-refractivity contribution in [1.29, 1.82) is 0 Å². The van der Waals surface area contributed by atoms with Crippen molar-refractivity contribution in [3.8, 4) is 5.75 Å². The Morgan fingerprint density at radius 2 is 1.82 bits per heavy atom. The quantitative estimate of drug-likeness (QED) is 0.623. The average molecular weight is 475 g/mol. The smallest absolute Gasteiger partial charge is 0.323 e. The zero-order valence-corrected chi connectivity index (χ0v) is 20.1. The number of carbonyl (C=O) groups excluding carboxylic acids is 2. The first-order valence-corrected chi connectivity index (χ1v) is 11.3.